The standard InChI is InChI=1S/C20H25NOS/c1-20(2,3)14-6-7-17-16(11-14)19-15(5-4-9-22-19)18(21-17)13-8-10-23-12-13/h6-8,10-12,15,18-19,21H,4-5,9H2,1-3H3/t15?,18-,19?/m0/s1. The van der Waals surface area contributed by atoms with Crippen molar-refractivity contribution < 1.29 is 4.74 Å². The third kappa shape index (κ3) is 2.70. The molecule has 0 bridgehead atoms. The van der Waals surface area contributed by atoms with Crippen molar-refractivity contribution in [1.82, 2.24) is 0 Å². The van der Waals surface area contributed by atoms with E-state index < -0.39 is 0 Å². The van der Waals surface area contributed by atoms with Gasteiger partial charge in [-0.15, -0.1) is 0 Å². The Balaban J connectivity index is 1.78. The zero-order valence-electron chi connectivity index (χ0n) is 14.1. The molecule has 0 saturated carbocycles. The fourth-order valence-corrected chi connectivity index (χ4v) is 4.62. The molecule has 2 nitrogen and oxygen atoms in total. The smallest absolute Gasteiger partial charge is 0.0895 e. The second-order valence-corrected chi connectivity index (χ2v) is 8.61. The van der Waals surface area contributed by atoms with Gasteiger partial charge in [-0.25, -0.2) is 0 Å². The van der Waals surface area contributed by atoms with Crippen LogP contribution in [0.25, 0.3) is 0 Å². The van der Waals surface area contributed by atoms with Gasteiger partial charge in [0.25, 0.3) is 0 Å². The SMILES string of the molecule is CC(C)(C)c1ccc2c(c1)C1OCCCC1[C@H](c1ccsc1)N2. The van der Waals surface area contributed by atoms with Gasteiger partial charge in [0.1, 0.15) is 0 Å². The topological polar surface area (TPSA) is 21.3 Å². The van der Waals surface area contributed by atoms with E-state index in [4.69, 9.17) is 4.74 Å². The molecule has 1 aromatic carbocycles. The van der Waals surface area contributed by atoms with E-state index in [0.29, 0.717) is 12.0 Å². The monoisotopic (exact) mass is 327 g/mol. The molecule has 3 heteroatoms. The third-order valence-electron chi connectivity index (χ3n) is 5.23. The van der Waals surface area contributed by atoms with Crippen molar-refractivity contribution in [3.63, 3.8) is 0 Å². The Labute approximate surface area is 142 Å². The summed E-state index contributed by atoms with van der Waals surface area (Å²) in [6, 6.07) is 9.51. The molecular weight excluding hydrogens is 302 g/mol. The minimum atomic E-state index is 0.170. The van der Waals surface area contributed by atoms with Crippen molar-refractivity contribution in [2.24, 2.45) is 5.92 Å². The number of nitrogens with one attached hydrogen (secondary N) is 1. The van der Waals surface area contributed by atoms with E-state index in [1.54, 1.807) is 11.3 Å². The van der Waals surface area contributed by atoms with Crippen molar-refractivity contribution >= 4 is 17.0 Å². The van der Waals surface area contributed by atoms with Gasteiger partial charge in [-0.1, -0.05) is 32.9 Å². The highest BCUT2D eigenvalue weighted by molar-refractivity contribution is 7.08. The molecule has 2 aliphatic rings. The van der Waals surface area contributed by atoms with E-state index in [1.807, 2.05) is 0 Å². The van der Waals surface area contributed by atoms with E-state index in [9.17, 15) is 0 Å². The van der Waals surface area contributed by atoms with Gasteiger partial charge in [0.15, 0.2) is 0 Å². The van der Waals surface area contributed by atoms with Gasteiger partial charge in [-0.05, 0) is 52.3 Å². The molecule has 1 fully saturated rings. The van der Waals surface area contributed by atoms with Crippen LogP contribution in [0.15, 0.2) is 35.0 Å². The molecule has 1 saturated heterocycles. The summed E-state index contributed by atoms with van der Waals surface area (Å²) in [7, 11) is 0. The fraction of sp³-hybridized carbons (Fsp3) is 0.500. The normalized spacial score (nSPS) is 27.0. The number of hydrogen-bond donors (Lipinski definition) is 1. The minimum absolute atomic E-state index is 0.170. The number of ether oxygens (including phenoxy) is 1. The lowest BCUT2D eigenvalue weighted by Gasteiger charge is -2.43. The highest BCUT2D eigenvalue weighted by atomic mass is 32.1. The number of hydrogen-bond acceptors (Lipinski definition) is 3. The van der Waals surface area contributed by atoms with Gasteiger partial charge in [-0.3, -0.25) is 0 Å². The van der Waals surface area contributed by atoms with Gasteiger partial charge in [-0.2, -0.15) is 11.3 Å². The van der Waals surface area contributed by atoms with Gasteiger partial charge in [0.05, 0.1) is 12.1 Å². The molecular formula is C20H25NOS. The van der Waals surface area contributed by atoms with E-state index in [-0.39, 0.29) is 11.5 Å². The highest BCUT2D eigenvalue weighted by Gasteiger charge is 2.40. The van der Waals surface area contributed by atoms with Crippen molar-refractivity contribution in [2.75, 3.05) is 11.9 Å². The van der Waals surface area contributed by atoms with Crippen LogP contribution in [0, 0.1) is 5.92 Å². The zero-order chi connectivity index (χ0) is 16.0. The van der Waals surface area contributed by atoms with Crippen molar-refractivity contribution in [3.05, 3.63) is 51.7 Å². The average molecular weight is 327 g/mol. The van der Waals surface area contributed by atoms with Crippen LogP contribution >= 0.6 is 11.3 Å². The number of fused-ring (bicyclic) bond motifs is 3. The molecule has 2 aliphatic heterocycles. The molecule has 3 atom stereocenters. The third-order valence-corrected chi connectivity index (χ3v) is 5.94. The lowest BCUT2D eigenvalue weighted by Crippen LogP contribution is -2.36. The second kappa shape index (κ2) is 5.64. The predicted octanol–water partition coefficient (Wildman–Crippen LogP) is 5.68. The summed E-state index contributed by atoms with van der Waals surface area (Å²) in [5.41, 5.74) is 5.57. The van der Waals surface area contributed by atoms with Crippen LogP contribution in [0.5, 0.6) is 0 Å². The lowest BCUT2D eigenvalue weighted by atomic mass is 9.76. The highest BCUT2D eigenvalue weighted by Crippen LogP contribution is 2.50. The van der Waals surface area contributed by atoms with Gasteiger partial charge < -0.3 is 10.1 Å². The number of thiophene rings is 1. The Morgan fingerprint density at radius 3 is 2.83 bits per heavy atom. The first-order valence-corrected chi connectivity index (χ1v) is 9.53. The second-order valence-electron chi connectivity index (χ2n) is 7.83. The summed E-state index contributed by atoms with van der Waals surface area (Å²) in [6.45, 7) is 7.71. The Morgan fingerprint density at radius 1 is 1.22 bits per heavy atom. The molecule has 0 amide bonds. The molecule has 0 radical (unpaired) electrons. The average Bonchev–Trinajstić information content (AvgIpc) is 3.07. The quantitative estimate of drug-likeness (QED) is 0.727. The molecule has 4 rings (SSSR count). The first-order valence-electron chi connectivity index (χ1n) is 8.59. The molecule has 0 aliphatic carbocycles. The summed E-state index contributed by atoms with van der Waals surface area (Å²) < 4.78 is 6.27. The summed E-state index contributed by atoms with van der Waals surface area (Å²) in [4.78, 5) is 0. The Bertz CT molecular complexity index is 686. The molecule has 1 N–H and O–H groups in total. The van der Waals surface area contributed by atoms with Crippen molar-refractivity contribution in [3.8, 4) is 0 Å². The van der Waals surface area contributed by atoms with E-state index in [2.05, 4.69) is 61.1 Å². The maximum Gasteiger partial charge on any atom is 0.0895 e. The number of benzene rings is 1. The van der Waals surface area contributed by atoms with E-state index in [0.717, 1.165) is 13.0 Å². The summed E-state index contributed by atoms with van der Waals surface area (Å²) in [5, 5.41) is 8.25. The predicted molar refractivity (Wildman–Crippen MR) is 97.2 cm³/mol. The molecule has 2 aromatic rings. The first-order chi connectivity index (χ1) is 11.0. The maximum absolute atomic E-state index is 6.27. The Morgan fingerprint density at radius 2 is 2.09 bits per heavy atom. The molecule has 1 aromatic heterocycles. The van der Waals surface area contributed by atoms with Crippen LogP contribution in [-0.4, -0.2) is 6.61 Å². The van der Waals surface area contributed by atoms with Crippen molar-refractivity contribution in [1.29, 1.82) is 0 Å². The van der Waals surface area contributed by atoms with Gasteiger partial charge >= 0.3 is 0 Å². The van der Waals surface area contributed by atoms with Crippen molar-refractivity contribution in [2.45, 2.75) is 51.2 Å². The maximum atomic E-state index is 6.27. The number of rotatable bonds is 1. The fourth-order valence-electron chi connectivity index (χ4n) is 3.92. The van der Waals surface area contributed by atoms with Crippen LogP contribution in [0.4, 0.5) is 5.69 Å². The molecule has 23 heavy (non-hydrogen) atoms. The molecule has 0 spiro atoms. The van der Waals surface area contributed by atoms with Crippen LogP contribution in [-0.2, 0) is 10.2 Å². The lowest BCUT2D eigenvalue weighted by molar-refractivity contribution is -0.0381. The van der Waals surface area contributed by atoms with Crippen LogP contribution in [0.1, 0.15) is 62.4 Å². The summed E-state index contributed by atoms with van der Waals surface area (Å²) >= 11 is 1.78. The Hall–Kier alpha value is -1.32. The largest absolute Gasteiger partial charge is 0.378 e. The first kappa shape index (κ1) is 15.2. The van der Waals surface area contributed by atoms with E-state index >= 15 is 0 Å². The zero-order valence-corrected chi connectivity index (χ0v) is 15.0. The minimum Gasteiger partial charge on any atom is -0.378 e. The van der Waals surface area contributed by atoms with Crippen LogP contribution in [0.2, 0.25) is 0 Å². The molecule has 3 heterocycles. The summed E-state index contributed by atoms with van der Waals surface area (Å²) in [6.07, 6.45) is 2.63. The molecule has 2 unspecified atom stereocenters. The molecule has 122 valence electrons. The van der Waals surface area contributed by atoms with Gasteiger partial charge in [0.2, 0.25) is 0 Å². The van der Waals surface area contributed by atoms with E-state index in [1.165, 1.54) is 28.8 Å². The van der Waals surface area contributed by atoms with Crippen LogP contribution < -0.4 is 5.32 Å². The van der Waals surface area contributed by atoms with Gasteiger partial charge in [0, 0.05) is 23.8 Å². The van der Waals surface area contributed by atoms with Crippen LogP contribution in [0.3, 0.4) is 0 Å². The Kier molecular flexibility index (Phi) is 3.73. The number of anilines is 1. The summed E-state index contributed by atoms with van der Waals surface area (Å²) in [5.74, 6) is 0.529.